The molecule has 5 atom stereocenters. The van der Waals surface area contributed by atoms with Crippen LogP contribution in [0.25, 0.3) is 0 Å². The summed E-state index contributed by atoms with van der Waals surface area (Å²) in [4.78, 5) is 0. The highest BCUT2D eigenvalue weighted by atomic mass is 19.1. The van der Waals surface area contributed by atoms with Gasteiger partial charge in [0.2, 0.25) is 0 Å². The van der Waals surface area contributed by atoms with E-state index in [1.165, 1.54) is 77.0 Å². The molecule has 2 fully saturated rings. The number of hydrogen-bond donors (Lipinski definition) is 0. The van der Waals surface area contributed by atoms with Gasteiger partial charge >= 0.3 is 0 Å². The molecule has 0 heterocycles. The summed E-state index contributed by atoms with van der Waals surface area (Å²) in [6.45, 7) is 4.54. The molecule has 180 valence electrons. The van der Waals surface area contributed by atoms with Gasteiger partial charge in [-0.25, -0.2) is 8.78 Å². The largest absolute Gasteiger partial charge is 0.207 e. The summed E-state index contributed by atoms with van der Waals surface area (Å²) < 4.78 is 31.0. The summed E-state index contributed by atoms with van der Waals surface area (Å²) >= 11 is 0. The van der Waals surface area contributed by atoms with E-state index in [0.717, 1.165) is 55.1 Å². The maximum atomic E-state index is 15.7. The minimum atomic E-state index is -0.243. The monoisotopic (exact) mass is 444 g/mol. The Kier molecular flexibility index (Phi) is 8.68. The summed E-state index contributed by atoms with van der Waals surface area (Å²) in [6.07, 6.45) is 20.3. The summed E-state index contributed by atoms with van der Waals surface area (Å²) in [6, 6.07) is 1.74. The van der Waals surface area contributed by atoms with E-state index in [-0.39, 0.29) is 17.6 Å². The minimum absolute atomic E-state index is 0.0977. The second-order valence-electron chi connectivity index (χ2n) is 11.5. The standard InChI is InChI=1S/C30H46F2/c1-3-5-6-7-8-10-22-12-16-27-26(18-22)20-28(31)29(30(27)32)25-15-14-23-17-21(9-4-2)11-13-24(23)19-25/h20-25H,3-19H2,1-2H3. The first-order valence-corrected chi connectivity index (χ1v) is 14.1. The fraction of sp³-hybridized carbons (Fsp3) is 0.800. The molecule has 0 nitrogen and oxygen atoms in total. The molecule has 0 N–H and O–H groups in total. The molecular formula is C30H46F2. The number of unbranched alkanes of at least 4 members (excludes halogenated alkanes) is 4. The van der Waals surface area contributed by atoms with Crippen LogP contribution in [0.4, 0.5) is 8.78 Å². The van der Waals surface area contributed by atoms with Gasteiger partial charge in [-0.15, -0.1) is 0 Å². The zero-order valence-electron chi connectivity index (χ0n) is 20.7. The second-order valence-corrected chi connectivity index (χ2v) is 11.5. The van der Waals surface area contributed by atoms with Gasteiger partial charge in [-0.3, -0.25) is 0 Å². The van der Waals surface area contributed by atoms with Crippen molar-refractivity contribution in [2.75, 3.05) is 0 Å². The Morgan fingerprint density at radius 3 is 2.38 bits per heavy atom. The molecule has 2 saturated carbocycles. The van der Waals surface area contributed by atoms with Gasteiger partial charge in [0.25, 0.3) is 0 Å². The Bertz CT molecular complexity index is 739. The molecule has 3 aliphatic carbocycles. The second kappa shape index (κ2) is 11.5. The highest BCUT2D eigenvalue weighted by Crippen LogP contribution is 2.49. The van der Waals surface area contributed by atoms with Crippen LogP contribution in [-0.2, 0) is 12.8 Å². The topological polar surface area (TPSA) is 0 Å². The lowest BCUT2D eigenvalue weighted by molar-refractivity contribution is 0.112. The summed E-state index contributed by atoms with van der Waals surface area (Å²) in [5.74, 6) is 2.70. The Hall–Kier alpha value is -0.920. The third-order valence-corrected chi connectivity index (χ3v) is 9.30. The summed E-state index contributed by atoms with van der Waals surface area (Å²) in [5.41, 5.74) is 2.29. The van der Waals surface area contributed by atoms with E-state index in [1.54, 1.807) is 6.07 Å². The van der Waals surface area contributed by atoms with Gasteiger partial charge in [0.05, 0.1) is 0 Å². The van der Waals surface area contributed by atoms with Gasteiger partial charge < -0.3 is 0 Å². The Balaban J connectivity index is 1.38. The molecular weight excluding hydrogens is 398 g/mol. The molecule has 32 heavy (non-hydrogen) atoms. The van der Waals surface area contributed by atoms with E-state index in [9.17, 15) is 0 Å². The number of rotatable bonds is 9. The first-order chi connectivity index (χ1) is 15.6. The average Bonchev–Trinajstić information content (AvgIpc) is 2.79. The molecule has 3 aliphatic rings. The highest BCUT2D eigenvalue weighted by Gasteiger charge is 2.38. The molecule has 4 rings (SSSR count). The molecule has 0 spiro atoms. The highest BCUT2D eigenvalue weighted by molar-refractivity contribution is 5.39. The zero-order chi connectivity index (χ0) is 22.5. The first-order valence-electron chi connectivity index (χ1n) is 14.1. The Morgan fingerprint density at radius 1 is 0.781 bits per heavy atom. The molecule has 2 heteroatoms. The van der Waals surface area contributed by atoms with Gasteiger partial charge in [-0.1, -0.05) is 71.6 Å². The van der Waals surface area contributed by atoms with Crippen molar-refractivity contribution >= 4 is 0 Å². The minimum Gasteiger partial charge on any atom is -0.207 e. The fourth-order valence-electron chi connectivity index (χ4n) is 7.52. The van der Waals surface area contributed by atoms with Crippen molar-refractivity contribution in [3.63, 3.8) is 0 Å². The van der Waals surface area contributed by atoms with E-state index in [2.05, 4.69) is 13.8 Å². The van der Waals surface area contributed by atoms with Crippen molar-refractivity contribution < 1.29 is 8.78 Å². The fourth-order valence-corrected chi connectivity index (χ4v) is 7.52. The van der Waals surface area contributed by atoms with Crippen molar-refractivity contribution in [2.45, 2.75) is 129 Å². The van der Waals surface area contributed by atoms with E-state index in [1.807, 2.05) is 0 Å². The predicted molar refractivity (Wildman–Crippen MR) is 131 cm³/mol. The molecule has 0 aromatic heterocycles. The van der Waals surface area contributed by atoms with Gasteiger partial charge in [0.15, 0.2) is 0 Å². The van der Waals surface area contributed by atoms with E-state index < -0.39 is 0 Å². The lowest BCUT2D eigenvalue weighted by Gasteiger charge is -2.42. The van der Waals surface area contributed by atoms with Crippen LogP contribution < -0.4 is 0 Å². The Morgan fingerprint density at radius 2 is 1.56 bits per heavy atom. The number of benzene rings is 1. The van der Waals surface area contributed by atoms with Crippen molar-refractivity contribution in [3.8, 4) is 0 Å². The molecule has 1 aromatic rings. The van der Waals surface area contributed by atoms with Crippen LogP contribution in [-0.4, -0.2) is 0 Å². The third kappa shape index (κ3) is 5.58. The van der Waals surface area contributed by atoms with E-state index in [0.29, 0.717) is 17.4 Å². The lowest BCUT2D eigenvalue weighted by Crippen LogP contribution is -2.31. The molecule has 0 saturated heterocycles. The summed E-state index contributed by atoms with van der Waals surface area (Å²) in [7, 11) is 0. The van der Waals surface area contributed by atoms with Crippen molar-refractivity contribution in [3.05, 3.63) is 34.4 Å². The molecule has 0 bridgehead atoms. The van der Waals surface area contributed by atoms with Crippen LogP contribution in [0.3, 0.4) is 0 Å². The maximum Gasteiger partial charge on any atom is 0.133 e. The van der Waals surface area contributed by atoms with Crippen LogP contribution in [0, 0.1) is 35.3 Å². The number of fused-ring (bicyclic) bond motifs is 2. The van der Waals surface area contributed by atoms with Crippen LogP contribution >= 0.6 is 0 Å². The lowest BCUT2D eigenvalue weighted by atomic mass is 9.63. The van der Waals surface area contributed by atoms with Crippen LogP contribution in [0.1, 0.15) is 133 Å². The van der Waals surface area contributed by atoms with Gasteiger partial charge in [0.1, 0.15) is 11.6 Å². The molecule has 0 aliphatic heterocycles. The van der Waals surface area contributed by atoms with E-state index >= 15 is 8.78 Å². The summed E-state index contributed by atoms with van der Waals surface area (Å²) in [5, 5.41) is 0. The number of halogens is 2. The average molecular weight is 445 g/mol. The van der Waals surface area contributed by atoms with Crippen molar-refractivity contribution in [2.24, 2.45) is 23.7 Å². The smallest absolute Gasteiger partial charge is 0.133 e. The Labute approximate surface area is 196 Å². The quantitative estimate of drug-likeness (QED) is 0.333. The predicted octanol–water partition coefficient (Wildman–Crippen LogP) is 9.53. The zero-order valence-corrected chi connectivity index (χ0v) is 20.7. The maximum absolute atomic E-state index is 15.7. The first kappa shape index (κ1) is 24.2. The van der Waals surface area contributed by atoms with Gasteiger partial charge in [-0.2, -0.15) is 0 Å². The molecule has 0 amide bonds. The van der Waals surface area contributed by atoms with Crippen LogP contribution in [0.2, 0.25) is 0 Å². The van der Waals surface area contributed by atoms with Crippen molar-refractivity contribution in [1.82, 2.24) is 0 Å². The normalized spacial score (nSPS) is 30.1. The van der Waals surface area contributed by atoms with Crippen LogP contribution in [0.15, 0.2) is 6.07 Å². The third-order valence-electron chi connectivity index (χ3n) is 9.30. The van der Waals surface area contributed by atoms with Crippen molar-refractivity contribution in [1.29, 1.82) is 0 Å². The SMILES string of the molecule is CCCCCCCC1CCc2c(cc(F)c(C3CCC4CC(CCC)CCC4C3)c2F)C1. The van der Waals surface area contributed by atoms with Gasteiger partial charge in [0, 0.05) is 5.56 Å². The molecule has 0 radical (unpaired) electrons. The number of hydrogen-bond acceptors (Lipinski definition) is 0. The van der Waals surface area contributed by atoms with Gasteiger partial charge in [-0.05, 0) is 98.1 Å². The van der Waals surface area contributed by atoms with Crippen LogP contribution in [0.5, 0.6) is 0 Å². The molecule has 1 aromatic carbocycles. The molecule has 5 unspecified atom stereocenters. The van der Waals surface area contributed by atoms with E-state index in [4.69, 9.17) is 0 Å².